The van der Waals surface area contributed by atoms with Gasteiger partial charge >= 0.3 is 0 Å². The largest absolute Gasteiger partial charge is 0.325 e. The number of anilines is 1. The van der Waals surface area contributed by atoms with Gasteiger partial charge in [0.25, 0.3) is 10.0 Å². The molecule has 2 aromatic carbocycles. The van der Waals surface area contributed by atoms with E-state index in [1.54, 1.807) is 23.5 Å². The summed E-state index contributed by atoms with van der Waals surface area (Å²) in [6.45, 7) is 0.630. The van der Waals surface area contributed by atoms with Crippen molar-refractivity contribution in [1.29, 1.82) is 0 Å². The lowest BCUT2D eigenvalue weighted by atomic mass is 10.2. The number of benzene rings is 2. The maximum Gasteiger partial charge on any atom is 0.262 e. The summed E-state index contributed by atoms with van der Waals surface area (Å²) in [6, 6.07) is 14.1. The fourth-order valence-electron chi connectivity index (χ4n) is 3.69. The van der Waals surface area contributed by atoms with E-state index in [2.05, 4.69) is 25.2 Å². The number of nitrogens with one attached hydrogen (secondary N) is 2. The highest BCUT2D eigenvalue weighted by molar-refractivity contribution is 7.99. The first kappa shape index (κ1) is 22.8. The maximum absolute atomic E-state index is 12.8. The number of carbonyl (C=O) groups is 1. The van der Waals surface area contributed by atoms with Crippen LogP contribution in [0.15, 0.2) is 63.6 Å². The molecule has 5 rings (SSSR count). The van der Waals surface area contributed by atoms with E-state index in [0.717, 1.165) is 34.4 Å². The molecule has 0 saturated heterocycles. The van der Waals surface area contributed by atoms with E-state index in [1.165, 1.54) is 23.9 Å². The van der Waals surface area contributed by atoms with E-state index in [1.807, 2.05) is 28.7 Å². The molecule has 2 N–H and O–H groups in total. The molecule has 0 bridgehead atoms. The standard InChI is InChI=1S/C22H22N6O3S3/c29-20(14-32-21-25-26-22-28(21)17-9-3-4-10-18(17)33-22)24-15-7-6-8-16(13-15)34(30,31)27-19-11-2-1-5-12-23-19/h3-4,6-10,13H,1-2,5,11-12,14H2,(H,23,27)(H,24,29). The first-order valence-electron chi connectivity index (χ1n) is 10.8. The van der Waals surface area contributed by atoms with Crippen molar-refractivity contribution in [3.05, 3.63) is 48.5 Å². The number of amidine groups is 1. The number of aliphatic imine (C=N–C) groups is 1. The Bertz CT molecular complexity index is 1490. The van der Waals surface area contributed by atoms with Crippen molar-refractivity contribution in [1.82, 2.24) is 19.3 Å². The van der Waals surface area contributed by atoms with Crippen LogP contribution < -0.4 is 10.0 Å². The molecule has 12 heteroatoms. The van der Waals surface area contributed by atoms with Crippen molar-refractivity contribution in [2.24, 2.45) is 4.99 Å². The van der Waals surface area contributed by atoms with Crippen LogP contribution in [0.25, 0.3) is 15.2 Å². The molecule has 0 atom stereocenters. The lowest BCUT2D eigenvalue weighted by Crippen LogP contribution is -2.30. The number of sulfonamides is 1. The zero-order valence-electron chi connectivity index (χ0n) is 18.1. The monoisotopic (exact) mass is 514 g/mol. The number of amides is 1. The molecule has 176 valence electrons. The number of hydrogen-bond acceptors (Lipinski definition) is 8. The van der Waals surface area contributed by atoms with Crippen LogP contribution in [0.1, 0.15) is 25.7 Å². The van der Waals surface area contributed by atoms with Gasteiger partial charge in [0.05, 0.1) is 20.9 Å². The Morgan fingerprint density at radius 1 is 1.09 bits per heavy atom. The van der Waals surface area contributed by atoms with Gasteiger partial charge in [-0.1, -0.05) is 47.7 Å². The van der Waals surface area contributed by atoms with Crippen LogP contribution >= 0.6 is 23.1 Å². The predicted octanol–water partition coefficient (Wildman–Crippen LogP) is 3.93. The molecule has 0 spiro atoms. The van der Waals surface area contributed by atoms with Crippen LogP contribution in [-0.2, 0) is 14.8 Å². The third kappa shape index (κ3) is 4.93. The summed E-state index contributed by atoms with van der Waals surface area (Å²) in [7, 11) is -3.78. The van der Waals surface area contributed by atoms with Gasteiger partial charge in [-0.3, -0.25) is 18.9 Å². The summed E-state index contributed by atoms with van der Waals surface area (Å²) in [5.74, 6) is 0.331. The van der Waals surface area contributed by atoms with Crippen molar-refractivity contribution < 1.29 is 13.2 Å². The van der Waals surface area contributed by atoms with Gasteiger partial charge in [-0.15, -0.1) is 10.2 Å². The Labute approximate surface area is 204 Å². The summed E-state index contributed by atoms with van der Waals surface area (Å²) in [5, 5.41) is 11.8. The van der Waals surface area contributed by atoms with Gasteiger partial charge in [-0.25, -0.2) is 8.42 Å². The van der Waals surface area contributed by atoms with Gasteiger partial charge in [0.15, 0.2) is 5.16 Å². The minimum atomic E-state index is -3.78. The third-order valence-corrected chi connectivity index (χ3v) is 8.62. The first-order valence-corrected chi connectivity index (χ1v) is 14.1. The molecular formula is C22H22N6O3S3. The topological polar surface area (TPSA) is 118 Å². The second-order valence-electron chi connectivity index (χ2n) is 7.78. The van der Waals surface area contributed by atoms with Crippen molar-refractivity contribution in [2.45, 2.75) is 35.7 Å². The number of para-hydroxylation sites is 1. The van der Waals surface area contributed by atoms with Gasteiger partial charge in [0.1, 0.15) is 5.84 Å². The molecule has 1 aliphatic heterocycles. The molecule has 34 heavy (non-hydrogen) atoms. The highest BCUT2D eigenvalue weighted by Gasteiger charge is 2.19. The van der Waals surface area contributed by atoms with E-state index in [4.69, 9.17) is 0 Å². The van der Waals surface area contributed by atoms with Crippen molar-refractivity contribution in [3.63, 3.8) is 0 Å². The minimum Gasteiger partial charge on any atom is -0.325 e. The predicted molar refractivity (Wildman–Crippen MR) is 135 cm³/mol. The Kier molecular flexibility index (Phi) is 6.53. The van der Waals surface area contributed by atoms with Crippen LogP contribution in [0.5, 0.6) is 0 Å². The smallest absolute Gasteiger partial charge is 0.262 e. The Balaban J connectivity index is 1.25. The van der Waals surface area contributed by atoms with Gasteiger partial charge in [0, 0.05) is 18.7 Å². The third-order valence-electron chi connectivity index (χ3n) is 5.30. The van der Waals surface area contributed by atoms with E-state index in [9.17, 15) is 13.2 Å². The second kappa shape index (κ2) is 9.72. The molecule has 3 heterocycles. The average Bonchev–Trinajstić information content (AvgIpc) is 3.28. The van der Waals surface area contributed by atoms with Crippen molar-refractivity contribution in [2.75, 3.05) is 17.6 Å². The van der Waals surface area contributed by atoms with Gasteiger partial charge in [0.2, 0.25) is 10.9 Å². The first-order chi connectivity index (χ1) is 16.5. The number of thioether (sulfide) groups is 1. The molecule has 0 aliphatic carbocycles. The number of thiazole rings is 1. The number of fused-ring (bicyclic) bond motifs is 3. The molecule has 0 unspecified atom stereocenters. The highest BCUT2D eigenvalue weighted by atomic mass is 32.2. The average molecular weight is 515 g/mol. The van der Waals surface area contributed by atoms with Crippen molar-refractivity contribution in [3.8, 4) is 0 Å². The van der Waals surface area contributed by atoms with Gasteiger partial charge in [-0.05, 0) is 43.2 Å². The fraction of sp³-hybridized carbons (Fsp3) is 0.273. The van der Waals surface area contributed by atoms with Gasteiger partial charge < -0.3 is 5.32 Å². The van der Waals surface area contributed by atoms with Crippen LogP contribution in [0.3, 0.4) is 0 Å². The van der Waals surface area contributed by atoms with E-state index >= 15 is 0 Å². The highest BCUT2D eigenvalue weighted by Crippen LogP contribution is 2.29. The molecule has 0 radical (unpaired) electrons. The van der Waals surface area contributed by atoms with Crippen LogP contribution in [0.2, 0.25) is 0 Å². The summed E-state index contributed by atoms with van der Waals surface area (Å²) in [4.78, 5) is 17.8. The quantitative estimate of drug-likeness (QED) is 0.377. The minimum absolute atomic E-state index is 0.0776. The number of aromatic nitrogens is 3. The molecule has 9 nitrogen and oxygen atoms in total. The van der Waals surface area contributed by atoms with Crippen molar-refractivity contribution >= 4 is 65.7 Å². The number of hydrogen-bond donors (Lipinski definition) is 2. The van der Waals surface area contributed by atoms with E-state index in [-0.39, 0.29) is 16.6 Å². The molecule has 2 aromatic heterocycles. The summed E-state index contributed by atoms with van der Waals surface area (Å²) in [6.07, 6.45) is 3.53. The molecule has 4 aromatic rings. The Morgan fingerprint density at radius 3 is 2.88 bits per heavy atom. The Hall–Kier alpha value is -2.96. The zero-order chi connectivity index (χ0) is 23.5. The summed E-state index contributed by atoms with van der Waals surface area (Å²) < 4.78 is 31.3. The molecule has 1 amide bonds. The summed E-state index contributed by atoms with van der Waals surface area (Å²) in [5.41, 5.74) is 1.41. The van der Waals surface area contributed by atoms with Crippen LogP contribution in [0, 0.1) is 0 Å². The number of rotatable bonds is 6. The fourth-order valence-corrected chi connectivity index (χ4v) is 6.59. The number of carbonyl (C=O) groups excluding carboxylic acids is 1. The van der Waals surface area contributed by atoms with Crippen LogP contribution in [0.4, 0.5) is 5.69 Å². The van der Waals surface area contributed by atoms with E-state index in [0.29, 0.717) is 29.6 Å². The molecule has 0 saturated carbocycles. The lowest BCUT2D eigenvalue weighted by Gasteiger charge is -2.11. The number of nitrogens with zero attached hydrogens (tertiary/aromatic N) is 4. The van der Waals surface area contributed by atoms with Crippen LogP contribution in [-0.4, -0.2) is 47.1 Å². The maximum atomic E-state index is 12.8. The van der Waals surface area contributed by atoms with Gasteiger partial charge in [-0.2, -0.15) is 0 Å². The second-order valence-corrected chi connectivity index (χ2v) is 11.4. The molecule has 1 aliphatic rings. The molecule has 0 fully saturated rings. The molecular weight excluding hydrogens is 492 g/mol. The lowest BCUT2D eigenvalue weighted by molar-refractivity contribution is -0.113. The SMILES string of the molecule is O=C(CSc1nnc2sc3ccccc3n12)Nc1cccc(S(=O)(=O)NC2=NCCCCC2)c1. The summed E-state index contributed by atoms with van der Waals surface area (Å²) >= 11 is 2.82. The normalized spacial score (nSPS) is 14.6. The Morgan fingerprint density at radius 2 is 1.97 bits per heavy atom. The van der Waals surface area contributed by atoms with E-state index < -0.39 is 10.0 Å². The zero-order valence-corrected chi connectivity index (χ0v) is 20.5.